The molecule has 0 bridgehead atoms. The molecular weight excluding hydrogens is 352 g/mol. The topological polar surface area (TPSA) is 86.1 Å². The summed E-state index contributed by atoms with van der Waals surface area (Å²) in [6, 6.07) is 11.0. The van der Waals surface area contributed by atoms with E-state index < -0.39 is 0 Å². The van der Waals surface area contributed by atoms with Gasteiger partial charge in [-0.2, -0.15) is 0 Å². The molecule has 7 nitrogen and oxygen atoms in total. The number of pyridine rings is 1. The number of thioether (sulfide) groups is 1. The molecule has 1 N–H and O–H groups in total. The van der Waals surface area contributed by atoms with Gasteiger partial charge in [0.15, 0.2) is 5.65 Å². The Morgan fingerprint density at radius 1 is 1.23 bits per heavy atom. The summed E-state index contributed by atoms with van der Waals surface area (Å²) >= 11 is 0.897. The number of ether oxygens (including phenoxy) is 1. The van der Waals surface area contributed by atoms with Gasteiger partial charge in [0.25, 0.3) is 11.1 Å². The van der Waals surface area contributed by atoms with Crippen molar-refractivity contribution in [3.8, 4) is 5.75 Å². The lowest BCUT2D eigenvalue weighted by molar-refractivity contribution is -0.115. The number of imide groups is 1. The summed E-state index contributed by atoms with van der Waals surface area (Å²) < 4.78 is 7.70. The van der Waals surface area contributed by atoms with Crippen LogP contribution in [-0.4, -0.2) is 25.7 Å². The highest BCUT2D eigenvalue weighted by Crippen LogP contribution is 2.26. The minimum absolute atomic E-state index is 0.319. The molecule has 0 atom stereocenters. The van der Waals surface area contributed by atoms with Crippen molar-refractivity contribution in [3.63, 3.8) is 0 Å². The second kappa shape index (κ2) is 6.64. The van der Waals surface area contributed by atoms with Crippen molar-refractivity contribution in [2.75, 3.05) is 0 Å². The van der Waals surface area contributed by atoms with Gasteiger partial charge in [0.1, 0.15) is 23.7 Å². The maximum absolute atomic E-state index is 11.6. The molecule has 0 saturated carbocycles. The number of rotatable bonds is 4. The van der Waals surface area contributed by atoms with Crippen molar-refractivity contribution in [1.82, 2.24) is 19.9 Å². The van der Waals surface area contributed by atoms with E-state index in [0.29, 0.717) is 17.3 Å². The first-order valence-corrected chi connectivity index (χ1v) is 8.66. The van der Waals surface area contributed by atoms with Crippen LogP contribution in [0.15, 0.2) is 47.5 Å². The van der Waals surface area contributed by atoms with Gasteiger partial charge < -0.3 is 9.30 Å². The molecule has 0 unspecified atom stereocenters. The van der Waals surface area contributed by atoms with E-state index in [0.717, 1.165) is 34.3 Å². The summed E-state index contributed by atoms with van der Waals surface area (Å²) in [5, 5.41) is 1.88. The molecule has 3 aromatic rings. The first-order valence-electron chi connectivity index (χ1n) is 7.84. The minimum atomic E-state index is -0.365. The SMILES string of the molecule is Cn1c(COc2ccc(C=C3SC(=O)NC3=O)cc2)nc2cccnc21. The van der Waals surface area contributed by atoms with Crippen LogP contribution in [0.25, 0.3) is 17.2 Å². The van der Waals surface area contributed by atoms with Gasteiger partial charge in [-0.25, -0.2) is 9.97 Å². The van der Waals surface area contributed by atoms with E-state index in [1.54, 1.807) is 12.3 Å². The molecule has 2 amide bonds. The van der Waals surface area contributed by atoms with Crippen LogP contribution in [0, 0.1) is 0 Å². The maximum atomic E-state index is 11.6. The molecule has 3 heterocycles. The highest BCUT2D eigenvalue weighted by molar-refractivity contribution is 8.18. The van der Waals surface area contributed by atoms with Crippen molar-refractivity contribution < 1.29 is 14.3 Å². The molecule has 4 rings (SSSR count). The highest BCUT2D eigenvalue weighted by atomic mass is 32.2. The van der Waals surface area contributed by atoms with Gasteiger partial charge in [-0.05, 0) is 47.7 Å². The smallest absolute Gasteiger partial charge is 0.290 e. The molecule has 0 spiro atoms. The van der Waals surface area contributed by atoms with Crippen molar-refractivity contribution in [3.05, 3.63) is 58.9 Å². The van der Waals surface area contributed by atoms with Crippen LogP contribution < -0.4 is 10.1 Å². The number of fused-ring (bicyclic) bond motifs is 1. The number of nitrogens with zero attached hydrogens (tertiary/aromatic N) is 3. The lowest BCUT2D eigenvalue weighted by Crippen LogP contribution is -2.17. The highest BCUT2D eigenvalue weighted by Gasteiger charge is 2.24. The number of amides is 2. The molecule has 130 valence electrons. The third-order valence-electron chi connectivity index (χ3n) is 3.91. The van der Waals surface area contributed by atoms with Gasteiger partial charge in [-0.15, -0.1) is 0 Å². The first kappa shape index (κ1) is 16.3. The second-order valence-electron chi connectivity index (χ2n) is 5.64. The number of hydrogen-bond acceptors (Lipinski definition) is 6. The number of carbonyl (C=O) groups is 2. The largest absolute Gasteiger partial charge is 0.486 e. The van der Waals surface area contributed by atoms with Gasteiger partial charge in [-0.1, -0.05) is 12.1 Å². The molecule has 0 radical (unpaired) electrons. The Morgan fingerprint density at radius 2 is 2.04 bits per heavy atom. The van der Waals surface area contributed by atoms with Gasteiger partial charge in [0.05, 0.1) is 4.91 Å². The average Bonchev–Trinajstić information content (AvgIpc) is 3.13. The monoisotopic (exact) mass is 366 g/mol. The molecule has 1 aromatic carbocycles. The molecule has 2 aromatic heterocycles. The summed E-state index contributed by atoms with van der Waals surface area (Å²) in [7, 11) is 1.90. The number of aryl methyl sites for hydroxylation is 1. The fourth-order valence-electron chi connectivity index (χ4n) is 2.58. The Bertz CT molecular complexity index is 1040. The van der Waals surface area contributed by atoms with Crippen molar-refractivity contribution in [1.29, 1.82) is 0 Å². The van der Waals surface area contributed by atoms with Crippen LogP contribution in [0.4, 0.5) is 4.79 Å². The predicted molar refractivity (Wildman–Crippen MR) is 98.4 cm³/mol. The van der Waals surface area contributed by atoms with E-state index in [9.17, 15) is 9.59 Å². The number of nitrogens with one attached hydrogen (secondary N) is 1. The average molecular weight is 366 g/mol. The van der Waals surface area contributed by atoms with E-state index in [-0.39, 0.29) is 11.1 Å². The van der Waals surface area contributed by atoms with Gasteiger partial charge in [0, 0.05) is 13.2 Å². The predicted octanol–water partition coefficient (Wildman–Crippen LogP) is 2.87. The minimum Gasteiger partial charge on any atom is -0.486 e. The standard InChI is InChI=1S/C18H14N4O3S/c1-22-15(20-13-3-2-8-19-16(13)22)10-25-12-6-4-11(5-7-12)9-14-17(23)21-18(24)26-14/h2-9H,10H2,1H3,(H,21,23,24). The van der Waals surface area contributed by atoms with Crippen molar-refractivity contribution in [2.24, 2.45) is 7.05 Å². The van der Waals surface area contributed by atoms with Gasteiger partial charge >= 0.3 is 0 Å². The number of hydrogen-bond donors (Lipinski definition) is 1. The zero-order valence-electron chi connectivity index (χ0n) is 13.8. The normalized spacial score (nSPS) is 15.7. The van der Waals surface area contributed by atoms with Gasteiger partial charge in [0.2, 0.25) is 0 Å². The summed E-state index contributed by atoms with van der Waals surface area (Å²) in [6.45, 7) is 0.319. The van der Waals surface area contributed by atoms with E-state index in [2.05, 4.69) is 15.3 Å². The Hall–Kier alpha value is -3.13. The number of carbonyl (C=O) groups excluding carboxylic acids is 2. The lowest BCUT2D eigenvalue weighted by atomic mass is 10.2. The van der Waals surface area contributed by atoms with Crippen LogP contribution in [0.3, 0.4) is 0 Å². The Kier molecular flexibility index (Phi) is 4.18. The Morgan fingerprint density at radius 3 is 2.73 bits per heavy atom. The molecule has 1 fully saturated rings. The molecule has 1 aliphatic rings. The third kappa shape index (κ3) is 3.18. The fraction of sp³-hybridized carbons (Fsp3) is 0.111. The number of imidazole rings is 1. The summed E-state index contributed by atoms with van der Waals surface area (Å²) in [6.07, 6.45) is 3.41. The summed E-state index contributed by atoms with van der Waals surface area (Å²) in [5.74, 6) is 1.10. The van der Waals surface area contributed by atoms with Gasteiger partial charge in [-0.3, -0.25) is 14.9 Å². The maximum Gasteiger partial charge on any atom is 0.290 e. The zero-order chi connectivity index (χ0) is 18.1. The van der Waals surface area contributed by atoms with Crippen molar-refractivity contribution in [2.45, 2.75) is 6.61 Å². The van der Waals surface area contributed by atoms with E-state index in [1.807, 2.05) is 48.0 Å². The molecule has 26 heavy (non-hydrogen) atoms. The third-order valence-corrected chi connectivity index (χ3v) is 4.72. The van der Waals surface area contributed by atoms with Crippen molar-refractivity contribution >= 4 is 40.1 Å². The quantitative estimate of drug-likeness (QED) is 0.715. The molecule has 0 aliphatic carbocycles. The van der Waals surface area contributed by atoms with E-state index >= 15 is 0 Å². The molecular formula is C18H14N4O3S. The molecule has 8 heteroatoms. The zero-order valence-corrected chi connectivity index (χ0v) is 14.6. The first-order chi connectivity index (χ1) is 12.6. The number of benzene rings is 1. The fourth-order valence-corrected chi connectivity index (χ4v) is 3.26. The van der Waals surface area contributed by atoms with E-state index in [4.69, 9.17) is 4.74 Å². The number of aromatic nitrogens is 3. The van der Waals surface area contributed by atoms with Crippen LogP contribution in [0.1, 0.15) is 11.4 Å². The second-order valence-corrected chi connectivity index (χ2v) is 6.66. The van der Waals surface area contributed by atoms with Crippen LogP contribution in [0.2, 0.25) is 0 Å². The Labute approximate surface area is 153 Å². The van der Waals surface area contributed by atoms with E-state index in [1.165, 1.54) is 0 Å². The summed E-state index contributed by atoms with van der Waals surface area (Å²) in [5.41, 5.74) is 2.46. The molecule has 1 saturated heterocycles. The van der Waals surface area contributed by atoms with Crippen LogP contribution in [0.5, 0.6) is 5.75 Å². The molecule has 1 aliphatic heterocycles. The van der Waals surface area contributed by atoms with Crippen LogP contribution in [-0.2, 0) is 18.4 Å². The van der Waals surface area contributed by atoms with Crippen LogP contribution >= 0.6 is 11.8 Å². The Balaban J connectivity index is 1.46. The summed E-state index contributed by atoms with van der Waals surface area (Å²) in [4.78, 5) is 31.9. The lowest BCUT2D eigenvalue weighted by Gasteiger charge is -2.06.